The molecule has 2 heterocycles. The largest absolute Gasteiger partial charge is 0.459 e. The van der Waals surface area contributed by atoms with Gasteiger partial charge in [-0.15, -0.1) is 0 Å². The maximum absolute atomic E-state index is 12.0. The van der Waals surface area contributed by atoms with Crippen LogP contribution in [0.25, 0.3) is 0 Å². The van der Waals surface area contributed by atoms with Crippen molar-refractivity contribution in [1.29, 1.82) is 0 Å². The third kappa shape index (κ3) is 2.38. The Hall–Kier alpha value is -1.39. The molecule has 2 saturated heterocycles. The third-order valence-electron chi connectivity index (χ3n) is 4.38. The number of rotatable bonds is 2. The predicted octanol–water partition coefficient (Wildman–Crippen LogP) is 1.44. The molecule has 2 unspecified atom stereocenters. The number of piperidine rings is 1. The second-order valence-electron chi connectivity index (χ2n) is 5.55. The summed E-state index contributed by atoms with van der Waals surface area (Å²) in [4.78, 5) is 14.2. The number of aliphatic hydroxyl groups excluding tert-OH is 1. The van der Waals surface area contributed by atoms with E-state index in [1.807, 2.05) is 25.2 Å². The lowest BCUT2D eigenvalue weighted by Crippen LogP contribution is -2.45. The Kier molecular flexibility index (Phi) is 3.29. The van der Waals surface area contributed by atoms with Crippen molar-refractivity contribution in [1.82, 2.24) is 4.90 Å². The van der Waals surface area contributed by atoms with Crippen LogP contribution in [0.3, 0.4) is 0 Å². The Morgan fingerprint density at radius 2 is 2.00 bits per heavy atom. The van der Waals surface area contributed by atoms with Crippen molar-refractivity contribution in [2.45, 2.75) is 43.6 Å². The van der Waals surface area contributed by atoms with Gasteiger partial charge in [-0.3, -0.25) is 4.90 Å². The molecule has 3 rings (SSSR count). The van der Waals surface area contributed by atoms with E-state index in [-0.39, 0.29) is 24.2 Å². The van der Waals surface area contributed by atoms with E-state index in [0.29, 0.717) is 11.6 Å². The van der Waals surface area contributed by atoms with Crippen molar-refractivity contribution < 1.29 is 14.6 Å². The normalized spacial score (nSPS) is 34.2. The quantitative estimate of drug-likeness (QED) is 0.818. The second kappa shape index (κ2) is 4.94. The van der Waals surface area contributed by atoms with Gasteiger partial charge in [0.15, 0.2) is 0 Å². The lowest BCUT2D eigenvalue weighted by Gasteiger charge is -2.36. The standard InChI is InChI=1S/C15H19NO3/c1-16-11-7-12(9-13(16)14(17)8-11)19-15(18)10-5-3-2-4-6-10/h2-6,11-14,17H,7-9H2,1H3/t11-,12?,13+,14?/m0/s1. The number of carbonyl (C=O) groups excluding carboxylic acids is 1. The number of fused-ring (bicyclic) bond motifs is 2. The van der Waals surface area contributed by atoms with E-state index in [9.17, 15) is 9.90 Å². The van der Waals surface area contributed by atoms with E-state index < -0.39 is 0 Å². The van der Waals surface area contributed by atoms with Crippen LogP contribution >= 0.6 is 0 Å². The molecule has 4 nitrogen and oxygen atoms in total. The monoisotopic (exact) mass is 261 g/mol. The maximum Gasteiger partial charge on any atom is 0.338 e. The minimum Gasteiger partial charge on any atom is -0.459 e. The molecule has 0 aromatic heterocycles. The van der Waals surface area contributed by atoms with Crippen LogP contribution in [0.1, 0.15) is 29.6 Å². The molecule has 2 bridgehead atoms. The van der Waals surface area contributed by atoms with Crippen molar-refractivity contribution in [3.05, 3.63) is 35.9 Å². The van der Waals surface area contributed by atoms with Crippen molar-refractivity contribution in [3.8, 4) is 0 Å². The van der Waals surface area contributed by atoms with Crippen LogP contribution in [0.15, 0.2) is 30.3 Å². The number of nitrogens with zero attached hydrogens (tertiary/aromatic N) is 1. The molecular formula is C15H19NO3. The molecule has 2 aliphatic rings. The van der Waals surface area contributed by atoms with Gasteiger partial charge in [-0.05, 0) is 25.6 Å². The number of likely N-dealkylation sites (N-methyl/N-ethyl adjacent to an activating group) is 1. The lowest BCUT2D eigenvalue weighted by atomic mass is 10.00. The zero-order valence-electron chi connectivity index (χ0n) is 11.0. The Labute approximate surface area is 113 Å². The molecule has 0 radical (unpaired) electrons. The first-order valence-corrected chi connectivity index (χ1v) is 6.81. The highest BCUT2D eigenvalue weighted by molar-refractivity contribution is 5.89. The van der Waals surface area contributed by atoms with E-state index >= 15 is 0 Å². The molecule has 0 saturated carbocycles. The number of benzene rings is 1. The lowest BCUT2D eigenvalue weighted by molar-refractivity contribution is -0.00833. The number of esters is 1. The number of aliphatic hydroxyl groups is 1. The smallest absolute Gasteiger partial charge is 0.338 e. The Morgan fingerprint density at radius 3 is 2.68 bits per heavy atom. The van der Waals surface area contributed by atoms with Crippen molar-refractivity contribution >= 4 is 5.97 Å². The van der Waals surface area contributed by atoms with Gasteiger partial charge >= 0.3 is 5.97 Å². The molecule has 19 heavy (non-hydrogen) atoms. The SMILES string of the molecule is CN1[C@H]2CC(OC(=O)c3ccccc3)C[C@@H]1C(O)C2. The van der Waals surface area contributed by atoms with Gasteiger partial charge in [0.05, 0.1) is 11.7 Å². The molecule has 0 aliphatic carbocycles. The van der Waals surface area contributed by atoms with E-state index in [1.165, 1.54) is 0 Å². The zero-order chi connectivity index (χ0) is 13.4. The molecule has 4 heteroatoms. The van der Waals surface area contributed by atoms with E-state index in [0.717, 1.165) is 19.3 Å². The fourth-order valence-corrected chi connectivity index (χ4v) is 3.29. The van der Waals surface area contributed by atoms with Gasteiger partial charge in [-0.25, -0.2) is 4.79 Å². The van der Waals surface area contributed by atoms with Gasteiger partial charge in [0.1, 0.15) is 6.10 Å². The number of ether oxygens (including phenoxy) is 1. The van der Waals surface area contributed by atoms with Crippen LogP contribution in [0.4, 0.5) is 0 Å². The van der Waals surface area contributed by atoms with Crippen LogP contribution in [0.2, 0.25) is 0 Å². The van der Waals surface area contributed by atoms with Gasteiger partial charge in [0.2, 0.25) is 0 Å². The Bertz CT molecular complexity index is 462. The fraction of sp³-hybridized carbons (Fsp3) is 0.533. The first kappa shape index (κ1) is 12.6. The molecular weight excluding hydrogens is 242 g/mol. The van der Waals surface area contributed by atoms with Gasteiger partial charge < -0.3 is 9.84 Å². The first-order valence-electron chi connectivity index (χ1n) is 6.81. The third-order valence-corrected chi connectivity index (χ3v) is 4.38. The summed E-state index contributed by atoms with van der Waals surface area (Å²) in [5.41, 5.74) is 0.592. The minimum absolute atomic E-state index is 0.0731. The molecule has 4 atom stereocenters. The number of carbonyl (C=O) groups is 1. The fourth-order valence-electron chi connectivity index (χ4n) is 3.29. The molecule has 0 spiro atoms. The van der Waals surface area contributed by atoms with Gasteiger partial charge in [-0.1, -0.05) is 18.2 Å². The number of hydrogen-bond acceptors (Lipinski definition) is 4. The van der Waals surface area contributed by atoms with Crippen LogP contribution < -0.4 is 0 Å². The van der Waals surface area contributed by atoms with Gasteiger partial charge in [-0.2, -0.15) is 0 Å². The molecule has 1 aromatic rings. The average molecular weight is 261 g/mol. The van der Waals surface area contributed by atoms with Gasteiger partial charge in [0, 0.05) is 24.9 Å². The van der Waals surface area contributed by atoms with E-state index in [2.05, 4.69) is 4.90 Å². The highest BCUT2D eigenvalue weighted by Crippen LogP contribution is 2.36. The minimum atomic E-state index is -0.282. The topological polar surface area (TPSA) is 49.8 Å². The van der Waals surface area contributed by atoms with Crippen LogP contribution in [0, 0.1) is 0 Å². The second-order valence-corrected chi connectivity index (χ2v) is 5.55. The summed E-state index contributed by atoms with van der Waals surface area (Å²) in [6.07, 6.45) is 1.99. The van der Waals surface area contributed by atoms with Gasteiger partial charge in [0.25, 0.3) is 0 Å². The summed E-state index contributed by atoms with van der Waals surface area (Å²) < 4.78 is 5.58. The number of hydrogen-bond donors (Lipinski definition) is 1. The zero-order valence-corrected chi connectivity index (χ0v) is 11.0. The van der Waals surface area contributed by atoms with E-state index in [4.69, 9.17) is 4.74 Å². The molecule has 2 aliphatic heterocycles. The molecule has 1 aromatic carbocycles. The molecule has 0 amide bonds. The van der Waals surface area contributed by atoms with E-state index in [1.54, 1.807) is 12.1 Å². The highest BCUT2D eigenvalue weighted by Gasteiger charge is 2.45. The van der Waals surface area contributed by atoms with Crippen molar-refractivity contribution in [2.75, 3.05) is 7.05 Å². The summed E-state index contributed by atoms with van der Waals surface area (Å²) >= 11 is 0. The van der Waals surface area contributed by atoms with Crippen LogP contribution in [-0.4, -0.2) is 47.3 Å². The van der Waals surface area contributed by atoms with Crippen molar-refractivity contribution in [3.63, 3.8) is 0 Å². The van der Waals surface area contributed by atoms with Crippen molar-refractivity contribution in [2.24, 2.45) is 0 Å². The summed E-state index contributed by atoms with van der Waals surface area (Å²) in [6, 6.07) is 9.54. The predicted molar refractivity (Wildman–Crippen MR) is 70.8 cm³/mol. The maximum atomic E-state index is 12.0. The summed E-state index contributed by atoms with van der Waals surface area (Å²) in [5.74, 6) is -0.260. The Morgan fingerprint density at radius 1 is 1.26 bits per heavy atom. The highest BCUT2D eigenvalue weighted by atomic mass is 16.5. The average Bonchev–Trinajstić information content (AvgIpc) is 2.59. The molecule has 1 N–H and O–H groups in total. The summed E-state index contributed by atoms with van der Waals surface area (Å²) in [6.45, 7) is 0. The first-order chi connectivity index (χ1) is 9.15. The molecule has 102 valence electrons. The Balaban J connectivity index is 1.65. The van der Waals surface area contributed by atoms with Crippen LogP contribution in [0.5, 0.6) is 0 Å². The molecule has 2 fully saturated rings. The summed E-state index contributed by atoms with van der Waals surface area (Å²) in [5, 5.41) is 9.96. The van der Waals surface area contributed by atoms with Crippen LogP contribution in [-0.2, 0) is 4.74 Å². The summed E-state index contributed by atoms with van der Waals surface area (Å²) in [7, 11) is 2.04.